The van der Waals surface area contributed by atoms with Crippen molar-refractivity contribution in [1.29, 1.82) is 0 Å². The first-order valence-electron chi connectivity index (χ1n) is 6.35. The number of halogens is 1. The highest BCUT2D eigenvalue weighted by Gasteiger charge is 2.34. The minimum Gasteiger partial charge on any atom is -0.468 e. The van der Waals surface area contributed by atoms with Crippen molar-refractivity contribution < 1.29 is 19.1 Å². The Bertz CT molecular complexity index is 527. The molecule has 1 heterocycles. The van der Waals surface area contributed by atoms with Crippen LogP contribution in [0, 0.1) is 0 Å². The molecule has 1 aliphatic rings. The third-order valence-corrected chi connectivity index (χ3v) is 3.28. The van der Waals surface area contributed by atoms with Crippen LogP contribution in [0.4, 0.5) is 0 Å². The Balaban J connectivity index is 0.00000220. The molecule has 1 unspecified atom stereocenters. The van der Waals surface area contributed by atoms with E-state index < -0.39 is 12.0 Å². The Kier molecular flexibility index (Phi) is 5.87. The summed E-state index contributed by atoms with van der Waals surface area (Å²) < 4.78 is 4.52. The third-order valence-electron chi connectivity index (χ3n) is 3.28. The zero-order valence-electron chi connectivity index (χ0n) is 11.6. The van der Waals surface area contributed by atoms with Crippen LogP contribution in [0.15, 0.2) is 24.3 Å². The maximum Gasteiger partial charge on any atom is 0.322 e. The molecule has 0 saturated carbocycles. The minimum atomic E-state index is -0.727. The molecule has 1 aromatic rings. The molecule has 0 fully saturated rings. The fourth-order valence-corrected chi connectivity index (χ4v) is 2.18. The molecule has 2 N–H and O–H groups in total. The second kappa shape index (κ2) is 7.19. The van der Waals surface area contributed by atoms with Gasteiger partial charge in [-0.3, -0.25) is 19.3 Å². The third kappa shape index (κ3) is 3.40. The van der Waals surface area contributed by atoms with Crippen molar-refractivity contribution in [3.05, 3.63) is 35.4 Å². The van der Waals surface area contributed by atoms with Gasteiger partial charge in [-0.1, -0.05) is 12.1 Å². The number of nitrogens with zero attached hydrogens (tertiary/aromatic N) is 1. The summed E-state index contributed by atoms with van der Waals surface area (Å²) in [4.78, 5) is 36.5. The fraction of sp³-hybridized carbons (Fsp3) is 0.357. The molecule has 1 atom stereocenters. The van der Waals surface area contributed by atoms with Crippen LogP contribution in [0.1, 0.15) is 33.6 Å². The van der Waals surface area contributed by atoms with Crippen molar-refractivity contribution >= 4 is 30.2 Å². The van der Waals surface area contributed by atoms with E-state index in [4.69, 9.17) is 5.73 Å². The number of fused-ring (bicyclic) bond motifs is 1. The molecule has 0 spiro atoms. The monoisotopic (exact) mass is 312 g/mol. The van der Waals surface area contributed by atoms with Gasteiger partial charge in [-0.05, 0) is 25.0 Å². The molecule has 6 nitrogen and oxygen atoms in total. The summed E-state index contributed by atoms with van der Waals surface area (Å²) >= 11 is 0. The largest absolute Gasteiger partial charge is 0.468 e. The van der Waals surface area contributed by atoms with Crippen molar-refractivity contribution in [3.8, 4) is 0 Å². The number of esters is 1. The highest BCUT2D eigenvalue weighted by molar-refractivity contribution is 6.21. The quantitative estimate of drug-likeness (QED) is 0.646. The molecule has 114 valence electrons. The number of nitrogens with two attached hydrogens (primary N) is 1. The lowest BCUT2D eigenvalue weighted by Crippen LogP contribution is -2.35. The van der Waals surface area contributed by atoms with E-state index in [0.717, 1.165) is 0 Å². The molecular formula is C14H17ClN2O4. The SMILES string of the molecule is COC(=O)C(N)CCCN1C(=O)c2ccccc2C1=O.Cl. The average molecular weight is 313 g/mol. The van der Waals surface area contributed by atoms with Crippen molar-refractivity contribution in [2.75, 3.05) is 13.7 Å². The van der Waals surface area contributed by atoms with Crippen molar-refractivity contribution in [2.45, 2.75) is 18.9 Å². The summed E-state index contributed by atoms with van der Waals surface area (Å²) in [5, 5.41) is 0. The molecule has 1 aromatic carbocycles. The Morgan fingerprint density at radius 3 is 2.24 bits per heavy atom. The summed E-state index contributed by atoms with van der Waals surface area (Å²) in [7, 11) is 1.27. The number of rotatable bonds is 5. The first-order chi connectivity index (χ1) is 9.56. The van der Waals surface area contributed by atoms with E-state index in [0.29, 0.717) is 24.0 Å². The summed E-state index contributed by atoms with van der Waals surface area (Å²) in [6, 6.07) is 5.99. The number of carbonyl (C=O) groups excluding carboxylic acids is 3. The van der Waals surface area contributed by atoms with E-state index in [2.05, 4.69) is 4.74 Å². The number of hydrogen-bond acceptors (Lipinski definition) is 5. The number of carbonyl (C=O) groups is 3. The highest BCUT2D eigenvalue weighted by atomic mass is 35.5. The molecule has 0 saturated heterocycles. The topological polar surface area (TPSA) is 89.7 Å². The molecule has 0 radical (unpaired) electrons. The van der Waals surface area contributed by atoms with Gasteiger partial charge in [0.2, 0.25) is 0 Å². The number of hydrogen-bond donors (Lipinski definition) is 1. The van der Waals surface area contributed by atoms with Crippen LogP contribution >= 0.6 is 12.4 Å². The van der Waals surface area contributed by atoms with Gasteiger partial charge in [-0.25, -0.2) is 0 Å². The first kappa shape index (κ1) is 17.1. The fourth-order valence-electron chi connectivity index (χ4n) is 2.18. The molecule has 2 rings (SSSR count). The normalized spacial score (nSPS) is 14.5. The Morgan fingerprint density at radius 2 is 1.76 bits per heavy atom. The van der Waals surface area contributed by atoms with Crippen LogP contribution in [0.25, 0.3) is 0 Å². The van der Waals surface area contributed by atoms with Crippen LogP contribution < -0.4 is 5.73 Å². The van der Waals surface area contributed by atoms with Crippen LogP contribution in [0.2, 0.25) is 0 Å². The molecule has 0 aromatic heterocycles. The summed E-state index contributed by atoms with van der Waals surface area (Å²) in [6.45, 7) is 0.247. The van der Waals surface area contributed by atoms with E-state index in [9.17, 15) is 14.4 Å². The number of ether oxygens (including phenoxy) is 1. The predicted octanol–water partition coefficient (Wildman–Crippen LogP) is 0.985. The van der Waals surface area contributed by atoms with Crippen molar-refractivity contribution in [3.63, 3.8) is 0 Å². The number of amides is 2. The van der Waals surface area contributed by atoms with E-state index in [1.807, 2.05) is 0 Å². The first-order valence-corrected chi connectivity index (χ1v) is 6.35. The van der Waals surface area contributed by atoms with Crippen LogP contribution in [0.3, 0.4) is 0 Å². The molecule has 21 heavy (non-hydrogen) atoms. The lowest BCUT2D eigenvalue weighted by Gasteiger charge is -2.15. The van der Waals surface area contributed by atoms with Crippen LogP contribution in [-0.4, -0.2) is 42.4 Å². The van der Waals surface area contributed by atoms with Gasteiger partial charge < -0.3 is 10.5 Å². The standard InChI is InChI=1S/C14H16N2O4.ClH/c1-20-14(19)11(15)7-4-8-16-12(17)9-5-2-3-6-10(9)13(16)18;/h2-3,5-6,11H,4,7-8,15H2,1H3;1H. The second-order valence-electron chi connectivity index (χ2n) is 4.58. The van der Waals surface area contributed by atoms with Crippen molar-refractivity contribution in [1.82, 2.24) is 4.90 Å². The number of imide groups is 1. The summed E-state index contributed by atoms with van der Waals surface area (Å²) in [6.07, 6.45) is 0.821. The molecule has 2 amide bonds. The van der Waals surface area contributed by atoms with E-state index in [1.165, 1.54) is 12.0 Å². The maximum atomic E-state index is 12.1. The smallest absolute Gasteiger partial charge is 0.322 e. The van der Waals surface area contributed by atoms with Gasteiger partial charge in [-0.15, -0.1) is 12.4 Å². The van der Waals surface area contributed by atoms with Crippen LogP contribution in [0.5, 0.6) is 0 Å². The minimum absolute atomic E-state index is 0. The zero-order chi connectivity index (χ0) is 14.7. The lowest BCUT2D eigenvalue weighted by atomic mass is 10.1. The number of benzene rings is 1. The summed E-state index contributed by atoms with van der Waals surface area (Å²) in [5.41, 5.74) is 6.45. The maximum absolute atomic E-state index is 12.1. The highest BCUT2D eigenvalue weighted by Crippen LogP contribution is 2.22. The molecule has 7 heteroatoms. The lowest BCUT2D eigenvalue weighted by molar-refractivity contribution is -0.142. The predicted molar refractivity (Wildman–Crippen MR) is 78.3 cm³/mol. The number of methoxy groups -OCH3 is 1. The van der Waals surface area contributed by atoms with E-state index in [1.54, 1.807) is 24.3 Å². The summed E-state index contributed by atoms with van der Waals surface area (Å²) in [5.74, 6) is -1.08. The van der Waals surface area contributed by atoms with Gasteiger partial charge in [0.05, 0.1) is 18.2 Å². The van der Waals surface area contributed by atoms with E-state index in [-0.39, 0.29) is 30.8 Å². The molecular weight excluding hydrogens is 296 g/mol. The average Bonchev–Trinajstić information content (AvgIpc) is 2.71. The van der Waals surface area contributed by atoms with Gasteiger partial charge in [0.25, 0.3) is 11.8 Å². The van der Waals surface area contributed by atoms with Gasteiger partial charge >= 0.3 is 5.97 Å². The Morgan fingerprint density at radius 1 is 1.24 bits per heavy atom. The zero-order valence-corrected chi connectivity index (χ0v) is 12.4. The molecule has 1 aliphatic heterocycles. The van der Waals surface area contributed by atoms with Gasteiger partial charge in [0.1, 0.15) is 6.04 Å². The van der Waals surface area contributed by atoms with Gasteiger partial charge in [-0.2, -0.15) is 0 Å². The molecule has 0 aliphatic carbocycles. The van der Waals surface area contributed by atoms with Gasteiger partial charge in [0, 0.05) is 6.54 Å². The van der Waals surface area contributed by atoms with Gasteiger partial charge in [0.15, 0.2) is 0 Å². The second-order valence-corrected chi connectivity index (χ2v) is 4.58. The van der Waals surface area contributed by atoms with E-state index >= 15 is 0 Å². The molecule has 0 bridgehead atoms. The van der Waals surface area contributed by atoms with Crippen LogP contribution in [-0.2, 0) is 9.53 Å². The Hall–Kier alpha value is -1.92. The van der Waals surface area contributed by atoms with Crippen molar-refractivity contribution in [2.24, 2.45) is 5.73 Å². The Labute approximate surface area is 128 Å².